The summed E-state index contributed by atoms with van der Waals surface area (Å²) in [6, 6.07) is 3.79. The van der Waals surface area contributed by atoms with Crippen molar-refractivity contribution in [1.82, 2.24) is 0 Å². The molecule has 1 heterocycles. The van der Waals surface area contributed by atoms with Crippen LogP contribution in [0.5, 0.6) is 0 Å². The van der Waals surface area contributed by atoms with Gasteiger partial charge < -0.3 is 9.84 Å². The SMILES string of the molecule is CCO/C(O)=C(/[n+]1ccc(C)cc1)P(Cl)Cl. The highest BCUT2D eigenvalue weighted by atomic mass is 35.9. The van der Waals surface area contributed by atoms with Crippen LogP contribution < -0.4 is 4.57 Å². The monoisotopic (exact) mass is 280 g/mol. The summed E-state index contributed by atoms with van der Waals surface area (Å²) in [6.07, 6.45) is 3.56. The van der Waals surface area contributed by atoms with Crippen molar-refractivity contribution in [2.24, 2.45) is 0 Å². The van der Waals surface area contributed by atoms with Gasteiger partial charge in [0.25, 0.3) is 0 Å². The quantitative estimate of drug-likeness (QED) is 0.518. The lowest BCUT2D eigenvalue weighted by Crippen LogP contribution is -2.31. The van der Waals surface area contributed by atoms with Gasteiger partial charge in [-0.3, -0.25) is 0 Å². The third kappa shape index (κ3) is 3.51. The molecule has 0 unspecified atom stereocenters. The number of aliphatic hydroxyl groups is 1. The topological polar surface area (TPSA) is 33.3 Å². The Hall–Kier alpha value is -0.500. The van der Waals surface area contributed by atoms with Crippen molar-refractivity contribution in [3.63, 3.8) is 0 Å². The second-order valence-electron chi connectivity index (χ2n) is 3.08. The average molecular weight is 281 g/mol. The minimum atomic E-state index is -1.49. The molecule has 0 fully saturated rings. The lowest BCUT2D eigenvalue weighted by Gasteiger charge is -2.05. The van der Waals surface area contributed by atoms with Crippen molar-refractivity contribution in [3.05, 3.63) is 36.0 Å². The second-order valence-corrected chi connectivity index (χ2v) is 6.51. The van der Waals surface area contributed by atoms with Crippen molar-refractivity contribution in [3.8, 4) is 0 Å². The van der Waals surface area contributed by atoms with Crippen LogP contribution in [-0.2, 0) is 4.74 Å². The first-order chi connectivity index (χ1) is 7.56. The van der Waals surface area contributed by atoms with Crippen LogP contribution in [0.3, 0.4) is 0 Å². The molecule has 0 saturated carbocycles. The summed E-state index contributed by atoms with van der Waals surface area (Å²) < 4.78 is 6.67. The first-order valence-electron chi connectivity index (χ1n) is 4.72. The first kappa shape index (κ1) is 13.6. The standard InChI is InChI=1S/C10H12Cl2NO2P/c1-3-15-10(14)9(16(11)12)13-6-4-8(2)5-7-13/h4-7H,3H2,1-2H3/p+1/b10-9-. The Morgan fingerprint density at radius 3 is 2.44 bits per heavy atom. The smallest absolute Gasteiger partial charge is 0.355 e. The Morgan fingerprint density at radius 2 is 2.00 bits per heavy atom. The first-order valence-corrected chi connectivity index (χ1v) is 7.87. The zero-order valence-electron chi connectivity index (χ0n) is 9.02. The highest BCUT2D eigenvalue weighted by Crippen LogP contribution is 2.55. The normalized spacial score (nSPS) is 12.6. The Bertz CT molecular complexity index is 379. The van der Waals surface area contributed by atoms with Gasteiger partial charge in [0.15, 0.2) is 19.0 Å². The number of hydrogen-bond donors (Lipinski definition) is 1. The van der Waals surface area contributed by atoms with Gasteiger partial charge in [0.05, 0.1) is 6.61 Å². The van der Waals surface area contributed by atoms with Crippen LogP contribution in [-0.4, -0.2) is 11.7 Å². The Labute approximate surface area is 106 Å². The number of aryl methyl sites for hydroxylation is 1. The molecule has 0 amide bonds. The van der Waals surface area contributed by atoms with Crippen molar-refractivity contribution < 1.29 is 14.4 Å². The van der Waals surface area contributed by atoms with Gasteiger partial charge >= 0.3 is 11.4 Å². The van der Waals surface area contributed by atoms with Crippen LogP contribution in [0.1, 0.15) is 12.5 Å². The van der Waals surface area contributed by atoms with E-state index in [1.54, 1.807) is 23.9 Å². The van der Waals surface area contributed by atoms with Gasteiger partial charge in [-0.25, -0.2) is 0 Å². The zero-order valence-corrected chi connectivity index (χ0v) is 11.4. The summed E-state index contributed by atoms with van der Waals surface area (Å²) in [5, 5.41) is 9.69. The summed E-state index contributed by atoms with van der Waals surface area (Å²) in [5.41, 5.74) is 1.49. The van der Waals surface area contributed by atoms with Gasteiger partial charge in [-0.05, 0) is 19.4 Å². The number of halogens is 2. The maximum absolute atomic E-state index is 9.69. The molecule has 0 aliphatic carbocycles. The maximum Gasteiger partial charge on any atom is 0.355 e. The Balaban J connectivity index is 3.12. The Morgan fingerprint density at radius 1 is 1.44 bits per heavy atom. The highest BCUT2D eigenvalue weighted by molar-refractivity contribution is 8.10. The molecule has 1 N–H and O–H groups in total. The molecule has 1 aromatic heterocycles. The fourth-order valence-electron chi connectivity index (χ4n) is 1.11. The van der Waals surface area contributed by atoms with Crippen LogP contribution in [0.4, 0.5) is 0 Å². The van der Waals surface area contributed by atoms with E-state index in [2.05, 4.69) is 0 Å². The minimum Gasteiger partial charge on any atom is -0.476 e. The molecule has 0 spiro atoms. The number of nitrogens with zero attached hydrogens (tertiary/aromatic N) is 1. The van der Waals surface area contributed by atoms with Crippen LogP contribution in [0, 0.1) is 6.92 Å². The lowest BCUT2D eigenvalue weighted by atomic mass is 10.3. The van der Waals surface area contributed by atoms with Gasteiger partial charge in [-0.1, -0.05) is 22.5 Å². The molecule has 0 bridgehead atoms. The second kappa shape index (κ2) is 6.29. The largest absolute Gasteiger partial charge is 0.476 e. The van der Waals surface area contributed by atoms with E-state index in [1.165, 1.54) is 0 Å². The molecule has 0 saturated heterocycles. The number of aromatic nitrogens is 1. The van der Waals surface area contributed by atoms with E-state index < -0.39 is 6.63 Å². The van der Waals surface area contributed by atoms with Gasteiger partial charge in [-0.2, -0.15) is 4.57 Å². The zero-order chi connectivity index (χ0) is 12.1. The third-order valence-electron chi connectivity index (χ3n) is 1.87. The molecule has 16 heavy (non-hydrogen) atoms. The molecule has 0 aromatic carbocycles. The minimum absolute atomic E-state index is 0.229. The molecule has 0 aliphatic heterocycles. The predicted octanol–water partition coefficient (Wildman–Crippen LogP) is 3.75. The molecule has 0 aliphatic rings. The molecular formula is C10H13Cl2NO2P+. The van der Waals surface area contributed by atoms with E-state index in [0.717, 1.165) is 5.56 Å². The predicted molar refractivity (Wildman–Crippen MR) is 67.5 cm³/mol. The molecule has 88 valence electrons. The summed E-state index contributed by atoms with van der Waals surface area (Å²) in [7, 11) is 0. The van der Waals surface area contributed by atoms with Crippen LogP contribution in [0.15, 0.2) is 30.5 Å². The van der Waals surface area contributed by atoms with Crippen molar-refractivity contribution in [2.45, 2.75) is 13.8 Å². The van der Waals surface area contributed by atoms with E-state index in [9.17, 15) is 5.11 Å². The van der Waals surface area contributed by atoms with E-state index in [-0.39, 0.29) is 5.95 Å². The average Bonchev–Trinajstić information content (AvgIpc) is 2.21. The van der Waals surface area contributed by atoms with Gasteiger partial charge in [-0.15, -0.1) is 0 Å². The number of pyridine rings is 1. The fourth-order valence-corrected chi connectivity index (χ4v) is 2.59. The van der Waals surface area contributed by atoms with E-state index in [1.807, 2.05) is 19.1 Å². The van der Waals surface area contributed by atoms with E-state index >= 15 is 0 Å². The molecular weight excluding hydrogens is 268 g/mol. The van der Waals surface area contributed by atoms with E-state index in [0.29, 0.717) is 12.0 Å². The molecule has 0 radical (unpaired) electrons. The number of hydrogen-bond acceptors (Lipinski definition) is 2. The highest BCUT2D eigenvalue weighted by Gasteiger charge is 2.26. The molecule has 6 heteroatoms. The van der Waals surface area contributed by atoms with Crippen molar-refractivity contribution in [2.75, 3.05) is 6.61 Å². The molecule has 1 rings (SSSR count). The van der Waals surface area contributed by atoms with Gasteiger partial charge in [0.2, 0.25) is 0 Å². The number of rotatable bonds is 4. The number of ether oxygens (including phenoxy) is 1. The van der Waals surface area contributed by atoms with Gasteiger partial charge in [0.1, 0.15) is 0 Å². The van der Waals surface area contributed by atoms with Gasteiger partial charge in [0, 0.05) is 12.1 Å². The summed E-state index contributed by atoms with van der Waals surface area (Å²) in [4.78, 5) is 0. The third-order valence-corrected chi connectivity index (χ3v) is 3.58. The summed E-state index contributed by atoms with van der Waals surface area (Å²) >= 11 is 11.7. The van der Waals surface area contributed by atoms with Crippen LogP contribution in [0.2, 0.25) is 0 Å². The fraction of sp³-hybridized carbons (Fsp3) is 0.300. The molecule has 1 aromatic rings. The van der Waals surface area contributed by atoms with Crippen LogP contribution >= 0.6 is 29.1 Å². The van der Waals surface area contributed by atoms with Crippen LogP contribution in [0.25, 0.3) is 5.44 Å². The summed E-state index contributed by atoms with van der Waals surface area (Å²) in [5.74, 6) is -0.229. The Kier molecular flexibility index (Phi) is 5.33. The maximum atomic E-state index is 9.69. The van der Waals surface area contributed by atoms with Crippen molar-refractivity contribution in [1.29, 1.82) is 0 Å². The summed E-state index contributed by atoms with van der Waals surface area (Å²) in [6.45, 7) is 2.62. The molecule has 3 nitrogen and oxygen atoms in total. The van der Waals surface area contributed by atoms with Crippen molar-refractivity contribution >= 4 is 34.5 Å². The number of aliphatic hydroxyl groups excluding tert-OH is 1. The van der Waals surface area contributed by atoms with E-state index in [4.69, 9.17) is 27.2 Å². The molecule has 0 atom stereocenters. The lowest BCUT2D eigenvalue weighted by molar-refractivity contribution is -0.576.